The third-order valence-electron chi connectivity index (χ3n) is 2.65. The maximum atomic E-state index is 10.8. The van der Waals surface area contributed by atoms with Gasteiger partial charge in [0.25, 0.3) is 0 Å². The van der Waals surface area contributed by atoms with Crippen molar-refractivity contribution in [3.63, 3.8) is 0 Å². The molecule has 1 unspecified atom stereocenters. The fourth-order valence-corrected chi connectivity index (χ4v) is 1.76. The molecule has 1 rings (SSSR count). The standard InChI is InChI=1S/C11H19N3O4/c1-4-8(6-17-2)14-10(7-18-3)9(12-13-14)5-11(15)16/h8H,4-7H2,1-3H3,(H,15,16). The van der Waals surface area contributed by atoms with Gasteiger partial charge in [-0.1, -0.05) is 12.1 Å². The van der Waals surface area contributed by atoms with E-state index in [4.69, 9.17) is 14.6 Å². The average molecular weight is 257 g/mol. The number of ether oxygens (including phenoxy) is 2. The van der Waals surface area contributed by atoms with Crippen molar-refractivity contribution in [2.24, 2.45) is 0 Å². The number of nitrogens with zero attached hydrogens (tertiary/aromatic N) is 3. The first-order valence-corrected chi connectivity index (χ1v) is 5.76. The first kappa shape index (κ1) is 14.6. The van der Waals surface area contributed by atoms with Gasteiger partial charge in [0.2, 0.25) is 0 Å². The first-order chi connectivity index (χ1) is 8.63. The highest BCUT2D eigenvalue weighted by molar-refractivity contribution is 5.69. The van der Waals surface area contributed by atoms with Gasteiger partial charge in [-0.2, -0.15) is 0 Å². The molecule has 102 valence electrons. The number of aliphatic carboxylic acids is 1. The molecule has 0 aromatic carbocycles. The van der Waals surface area contributed by atoms with Crippen LogP contribution in [0.25, 0.3) is 0 Å². The number of carbonyl (C=O) groups is 1. The summed E-state index contributed by atoms with van der Waals surface area (Å²) in [5, 5.41) is 16.8. The van der Waals surface area contributed by atoms with Crippen molar-refractivity contribution in [1.29, 1.82) is 0 Å². The second kappa shape index (κ2) is 7.07. The highest BCUT2D eigenvalue weighted by Gasteiger charge is 2.20. The second-order valence-corrected chi connectivity index (χ2v) is 3.95. The van der Waals surface area contributed by atoms with Crippen LogP contribution in [0.4, 0.5) is 0 Å². The van der Waals surface area contributed by atoms with E-state index in [1.54, 1.807) is 18.9 Å². The van der Waals surface area contributed by atoms with E-state index < -0.39 is 5.97 Å². The van der Waals surface area contributed by atoms with Crippen LogP contribution in [-0.4, -0.2) is 46.9 Å². The van der Waals surface area contributed by atoms with Crippen LogP contribution in [0, 0.1) is 0 Å². The Labute approximate surface area is 106 Å². The van der Waals surface area contributed by atoms with Crippen molar-refractivity contribution < 1.29 is 19.4 Å². The lowest BCUT2D eigenvalue weighted by Crippen LogP contribution is -2.19. The number of hydrogen-bond donors (Lipinski definition) is 1. The molecular weight excluding hydrogens is 238 g/mol. The third-order valence-corrected chi connectivity index (χ3v) is 2.65. The highest BCUT2D eigenvalue weighted by Crippen LogP contribution is 2.17. The molecule has 1 aromatic rings. The molecule has 0 saturated carbocycles. The van der Waals surface area contributed by atoms with Gasteiger partial charge < -0.3 is 14.6 Å². The summed E-state index contributed by atoms with van der Waals surface area (Å²) in [6.07, 6.45) is 0.669. The topological polar surface area (TPSA) is 86.5 Å². The van der Waals surface area contributed by atoms with E-state index in [-0.39, 0.29) is 19.1 Å². The second-order valence-electron chi connectivity index (χ2n) is 3.95. The van der Waals surface area contributed by atoms with Crippen LogP contribution in [0.15, 0.2) is 0 Å². The fraction of sp³-hybridized carbons (Fsp3) is 0.727. The largest absolute Gasteiger partial charge is 0.481 e. The fourth-order valence-electron chi connectivity index (χ4n) is 1.76. The molecule has 0 fully saturated rings. The Kier molecular flexibility index (Phi) is 5.73. The number of carboxylic acids is 1. The van der Waals surface area contributed by atoms with Gasteiger partial charge in [-0.05, 0) is 6.42 Å². The van der Waals surface area contributed by atoms with Crippen molar-refractivity contribution in [1.82, 2.24) is 15.0 Å². The van der Waals surface area contributed by atoms with E-state index in [1.807, 2.05) is 6.92 Å². The van der Waals surface area contributed by atoms with Crippen LogP contribution in [-0.2, 0) is 27.3 Å². The summed E-state index contributed by atoms with van der Waals surface area (Å²) in [6.45, 7) is 2.80. The van der Waals surface area contributed by atoms with Crippen LogP contribution in [0.2, 0.25) is 0 Å². The smallest absolute Gasteiger partial charge is 0.309 e. The Balaban J connectivity index is 3.02. The maximum Gasteiger partial charge on any atom is 0.309 e. The average Bonchev–Trinajstić information content (AvgIpc) is 2.69. The van der Waals surface area contributed by atoms with E-state index >= 15 is 0 Å². The lowest BCUT2D eigenvalue weighted by Gasteiger charge is -2.16. The maximum absolute atomic E-state index is 10.8. The summed E-state index contributed by atoms with van der Waals surface area (Å²) in [5.74, 6) is -0.931. The predicted molar refractivity (Wildman–Crippen MR) is 63.3 cm³/mol. The van der Waals surface area contributed by atoms with Gasteiger partial charge in [-0.25, -0.2) is 4.68 Å². The Bertz CT molecular complexity index is 392. The summed E-state index contributed by atoms with van der Waals surface area (Å²) in [5.41, 5.74) is 1.14. The summed E-state index contributed by atoms with van der Waals surface area (Å²) in [7, 11) is 3.17. The third kappa shape index (κ3) is 3.51. The van der Waals surface area contributed by atoms with Crippen molar-refractivity contribution in [3.8, 4) is 0 Å². The van der Waals surface area contributed by atoms with Gasteiger partial charge in [0.15, 0.2) is 0 Å². The zero-order valence-corrected chi connectivity index (χ0v) is 10.9. The molecule has 7 heteroatoms. The minimum atomic E-state index is -0.931. The monoisotopic (exact) mass is 257 g/mol. The van der Waals surface area contributed by atoms with Crippen molar-refractivity contribution in [2.75, 3.05) is 20.8 Å². The van der Waals surface area contributed by atoms with Gasteiger partial charge in [0.05, 0.1) is 37.1 Å². The minimum Gasteiger partial charge on any atom is -0.481 e. The lowest BCUT2D eigenvalue weighted by molar-refractivity contribution is -0.136. The van der Waals surface area contributed by atoms with E-state index in [1.165, 1.54) is 0 Å². The normalized spacial score (nSPS) is 12.6. The van der Waals surface area contributed by atoms with Gasteiger partial charge >= 0.3 is 5.97 Å². The predicted octanol–water partition coefficient (Wildman–Crippen LogP) is 0.649. The SMILES string of the molecule is CCC(COC)n1nnc(CC(=O)O)c1COC. The number of hydrogen-bond acceptors (Lipinski definition) is 5. The molecule has 1 heterocycles. The zero-order valence-electron chi connectivity index (χ0n) is 10.9. The van der Waals surface area contributed by atoms with Crippen LogP contribution in [0.5, 0.6) is 0 Å². The van der Waals surface area contributed by atoms with Crippen LogP contribution in [0.3, 0.4) is 0 Å². The summed E-state index contributed by atoms with van der Waals surface area (Å²) < 4.78 is 11.9. The quantitative estimate of drug-likeness (QED) is 0.735. The van der Waals surface area contributed by atoms with Crippen LogP contribution >= 0.6 is 0 Å². The van der Waals surface area contributed by atoms with E-state index in [9.17, 15) is 4.79 Å². The van der Waals surface area contributed by atoms with Gasteiger partial charge in [-0.3, -0.25) is 4.79 Å². The number of carboxylic acid groups (broad SMARTS) is 1. The Morgan fingerprint density at radius 2 is 2.17 bits per heavy atom. The minimum absolute atomic E-state index is 0.0372. The van der Waals surface area contributed by atoms with Crippen LogP contribution in [0.1, 0.15) is 30.8 Å². The molecule has 0 saturated heterocycles. The Hall–Kier alpha value is -1.47. The molecule has 0 aliphatic rings. The molecule has 0 aliphatic heterocycles. The number of methoxy groups -OCH3 is 2. The molecule has 7 nitrogen and oxygen atoms in total. The number of aromatic nitrogens is 3. The summed E-state index contributed by atoms with van der Waals surface area (Å²) in [6, 6.07) is 0.0372. The molecule has 0 bridgehead atoms. The van der Waals surface area contributed by atoms with Gasteiger partial charge in [0, 0.05) is 14.2 Å². The van der Waals surface area contributed by atoms with E-state index in [0.29, 0.717) is 18.0 Å². The van der Waals surface area contributed by atoms with Gasteiger partial charge in [-0.15, -0.1) is 5.10 Å². The van der Waals surface area contributed by atoms with Crippen molar-refractivity contribution in [3.05, 3.63) is 11.4 Å². The molecule has 1 aromatic heterocycles. The van der Waals surface area contributed by atoms with Gasteiger partial charge in [0.1, 0.15) is 0 Å². The molecule has 0 amide bonds. The summed E-state index contributed by atoms with van der Waals surface area (Å²) >= 11 is 0. The molecule has 0 radical (unpaired) electrons. The van der Waals surface area contributed by atoms with E-state index in [2.05, 4.69) is 10.3 Å². The van der Waals surface area contributed by atoms with Crippen molar-refractivity contribution >= 4 is 5.97 Å². The lowest BCUT2D eigenvalue weighted by atomic mass is 10.2. The molecule has 18 heavy (non-hydrogen) atoms. The molecule has 0 spiro atoms. The van der Waals surface area contributed by atoms with E-state index in [0.717, 1.165) is 6.42 Å². The first-order valence-electron chi connectivity index (χ1n) is 5.76. The number of rotatable bonds is 8. The molecule has 0 aliphatic carbocycles. The Morgan fingerprint density at radius 1 is 1.44 bits per heavy atom. The van der Waals surface area contributed by atoms with Crippen LogP contribution < -0.4 is 0 Å². The zero-order chi connectivity index (χ0) is 13.5. The molecule has 1 N–H and O–H groups in total. The molecule has 1 atom stereocenters. The Morgan fingerprint density at radius 3 is 2.67 bits per heavy atom. The highest BCUT2D eigenvalue weighted by atomic mass is 16.5. The van der Waals surface area contributed by atoms with Crippen molar-refractivity contribution in [2.45, 2.75) is 32.4 Å². The molecular formula is C11H19N3O4. The summed E-state index contributed by atoms with van der Waals surface area (Å²) in [4.78, 5) is 10.8.